The fourth-order valence-corrected chi connectivity index (χ4v) is 2.95. The maximum atomic E-state index is 12.3. The van der Waals surface area contributed by atoms with Crippen LogP contribution in [0.4, 0.5) is 0 Å². The smallest absolute Gasteiger partial charge is 0.303 e. The molecule has 0 saturated heterocycles. The van der Waals surface area contributed by atoms with Gasteiger partial charge in [-0.15, -0.1) is 0 Å². The van der Waals surface area contributed by atoms with Crippen molar-refractivity contribution in [2.24, 2.45) is 5.92 Å². The van der Waals surface area contributed by atoms with Crippen LogP contribution in [0.2, 0.25) is 0 Å². The van der Waals surface area contributed by atoms with Gasteiger partial charge in [0.15, 0.2) is 0 Å². The number of fused-ring (bicyclic) bond motifs is 1. The summed E-state index contributed by atoms with van der Waals surface area (Å²) in [4.78, 5) is 24.9. The first kappa shape index (κ1) is 14.6. The van der Waals surface area contributed by atoms with Gasteiger partial charge < -0.3 is 14.6 Å². The van der Waals surface area contributed by atoms with E-state index in [1.807, 2.05) is 18.7 Å². The first-order chi connectivity index (χ1) is 9.40. The van der Waals surface area contributed by atoms with Crippen LogP contribution in [0.3, 0.4) is 0 Å². The summed E-state index contributed by atoms with van der Waals surface area (Å²) >= 11 is 0. The Morgan fingerprint density at radius 2 is 2.05 bits per heavy atom. The van der Waals surface area contributed by atoms with E-state index < -0.39 is 5.97 Å². The second kappa shape index (κ2) is 5.69. The van der Waals surface area contributed by atoms with Gasteiger partial charge in [0.25, 0.3) is 0 Å². The molecule has 0 radical (unpaired) electrons. The molecule has 2 rings (SSSR count). The lowest BCUT2D eigenvalue weighted by Gasteiger charge is -2.36. The standard InChI is InChI=1S/C15H22N2O3/c1-10(9-15(19)20)8-14(18)17-7-6-16-11(2)4-5-13(16)12(17)3/h4-5,10,12H,6-9H2,1-3H3,(H,19,20). The molecule has 1 N–H and O–H groups in total. The molecular formula is C15H22N2O3. The van der Waals surface area contributed by atoms with Gasteiger partial charge in [0.05, 0.1) is 6.04 Å². The number of carbonyl (C=O) groups is 2. The van der Waals surface area contributed by atoms with Gasteiger partial charge in [-0.25, -0.2) is 0 Å². The van der Waals surface area contributed by atoms with Gasteiger partial charge >= 0.3 is 5.97 Å². The van der Waals surface area contributed by atoms with E-state index in [0.29, 0.717) is 13.0 Å². The molecule has 1 aromatic rings. The third-order valence-corrected chi connectivity index (χ3v) is 4.06. The number of carbonyl (C=O) groups excluding carboxylic acids is 1. The summed E-state index contributed by atoms with van der Waals surface area (Å²) in [6.45, 7) is 7.43. The number of carboxylic acids is 1. The number of aliphatic carboxylic acids is 1. The molecule has 1 aromatic heterocycles. The Hall–Kier alpha value is -1.78. The van der Waals surface area contributed by atoms with Crippen molar-refractivity contribution in [3.05, 3.63) is 23.5 Å². The molecule has 0 aromatic carbocycles. The zero-order valence-electron chi connectivity index (χ0n) is 12.3. The van der Waals surface area contributed by atoms with E-state index in [4.69, 9.17) is 5.11 Å². The third-order valence-electron chi connectivity index (χ3n) is 4.06. The Kier molecular flexibility index (Phi) is 4.16. The summed E-state index contributed by atoms with van der Waals surface area (Å²) in [5.41, 5.74) is 2.38. The second-order valence-corrected chi connectivity index (χ2v) is 5.72. The summed E-state index contributed by atoms with van der Waals surface area (Å²) in [5.74, 6) is -0.916. The Labute approximate surface area is 119 Å². The number of amides is 1. The molecule has 2 unspecified atom stereocenters. The number of hydrogen-bond donors (Lipinski definition) is 1. The van der Waals surface area contributed by atoms with E-state index >= 15 is 0 Å². The van der Waals surface area contributed by atoms with Gasteiger partial charge in [-0.3, -0.25) is 9.59 Å². The normalized spacial score (nSPS) is 19.6. The minimum Gasteiger partial charge on any atom is -0.481 e. The van der Waals surface area contributed by atoms with E-state index in [-0.39, 0.29) is 24.3 Å². The van der Waals surface area contributed by atoms with Crippen molar-refractivity contribution >= 4 is 11.9 Å². The van der Waals surface area contributed by atoms with Gasteiger partial charge in [0, 0.05) is 37.3 Å². The molecule has 0 saturated carbocycles. The molecule has 0 aliphatic carbocycles. The maximum Gasteiger partial charge on any atom is 0.303 e. The highest BCUT2D eigenvalue weighted by atomic mass is 16.4. The highest BCUT2D eigenvalue weighted by Gasteiger charge is 2.29. The average Bonchev–Trinajstić information content (AvgIpc) is 2.71. The molecule has 110 valence electrons. The van der Waals surface area contributed by atoms with Gasteiger partial charge in [0.1, 0.15) is 0 Å². The molecule has 2 atom stereocenters. The predicted octanol–water partition coefficient (Wildman–Crippen LogP) is 2.20. The largest absolute Gasteiger partial charge is 0.481 e. The third kappa shape index (κ3) is 2.86. The predicted molar refractivity (Wildman–Crippen MR) is 75.3 cm³/mol. The molecule has 0 fully saturated rings. The van der Waals surface area contributed by atoms with Crippen molar-refractivity contribution in [3.63, 3.8) is 0 Å². The fraction of sp³-hybridized carbons (Fsp3) is 0.600. The molecule has 1 aliphatic rings. The monoisotopic (exact) mass is 278 g/mol. The van der Waals surface area contributed by atoms with E-state index in [1.54, 1.807) is 0 Å². The van der Waals surface area contributed by atoms with Crippen LogP contribution >= 0.6 is 0 Å². The van der Waals surface area contributed by atoms with Crippen molar-refractivity contribution < 1.29 is 14.7 Å². The van der Waals surface area contributed by atoms with Crippen LogP contribution in [-0.2, 0) is 16.1 Å². The van der Waals surface area contributed by atoms with Crippen molar-refractivity contribution in [1.82, 2.24) is 9.47 Å². The van der Waals surface area contributed by atoms with Crippen molar-refractivity contribution in [3.8, 4) is 0 Å². The van der Waals surface area contributed by atoms with E-state index in [1.165, 1.54) is 5.69 Å². The van der Waals surface area contributed by atoms with Crippen molar-refractivity contribution in [2.75, 3.05) is 6.54 Å². The maximum absolute atomic E-state index is 12.3. The lowest BCUT2D eigenvalue weighted by molar-refractivity contribution is -0.139. The lowest BCUT2D eigenvalue weighted by Crippen LogP contribution is -2.41. The molecule has 1 aliphatic heterocycles. The summed E-state index contributed by atoms with van der Waals surface area (Å²) in [6.07, 6.45) is 0.347. The Morgan fingerprint density at radius 1 is 1.35 bits per heavy atom. The van der Waals surface area contributed by atoms with Crippen LogP contribution in [0.5, 0.6) is 0 Å². The molecule has 5 nitrogen and oxygen atoms in total. The van der Waals surface area contributed by atoms with E-state index in [2.05, 4.69) is 23.6 Å². The number of carboxylic acid groups (broad SMARTS) is 1. The van der Waals surface area contributed by atoms with Crippen molar-refractivity contribution in [1.29, 1.82) is 0 Å². The van der Waals surface area contributed by atoms with Crippen LogP contribution in [0.15, 0.2) is 12.1 Å². The van der Waals surface area contributed by atoms with E-state index in [0.717, 1.165) is 12.2 Å². The van der Waals surface area contributed by atoms with Crippen molar-refractivity contribution in [2.45, 2.75) is 46.2 Å². The quantitative estimate of drug-likeness (QED) is 0.918. The van der Waals surface area contributed by atoms with Crippen LogP contribution in [0.25, 0.3) is 0 Å². The minimum atomic E-state index is -0.846. The molecule has 2 heterocycles. The van der Waals surface area contributed by atoms with E-state index in [9.17, 15) is 9.59 Å². The summed E-state index contributed by atoms with van der Waals surface area (Å²) < 4.78 is 2.25. The molecule has 5 heteroatoms. The Morgan fingerprint density at radius 3 is 2.70 bits per heavy atom. The van der Waals surface area contributed by atoms with Gasteiger partial charge in [-0.2, -0.15) is 0 Å². The zero-order chi connectivity index (χ0) is 14.9. The summed E-state index contributed by atoms with van der Waals surface area (Å²) in [5, 5.41) is 8.76. The number of nitrogens with zero attached hydrogens (tertiary/aromatic N) is 2. The minimum absolute atomic E-state index is 0.0451. The second-order valence-electron chi connectivity index (χ2n) is 5.72. The molecular weight excluding hydrogens is 256 g/mol. The average molecular weight is 278 g/mol. The SMILES string of the molecule is Cc1ccc2n1CCN(C(=O)CC(C)CC(=O)O)C2C. The Balaban J connectivity index is 2.04. The first-order valence-corrected chi connectivity index (χ1v) is 7.07. The lowest BCUT2D eigenvalue weighted by atomic mass is 10.0. The number of aromatic nitrogens is 1. The topological polar surface area (TPSA) is 62.5 Å². The Bertz CT molecular complexity index is 521. The van der Waals surface area contributed by atoms with Crippen LogP contribution in [-0.4, -0.2) is 33.0 Å². The molecule has 1 amide bonds. The van der Waals surface area contributed by atoms with Gasteiger partial charge in [0.2, 0.25) is 5.91 Å². The summed E-state index contributed by atoms with van der Waals surface area (Å²) in [6, 6.07) is 4.20. The van der Waals surface area contributed by atoms with Gasteiger partial charge in [-0.1, -0.05) is 6.92 Å². The highest BCUT2D eigenvalue weighted by Crippen LogP contribution is 2.28. The van der Waals surface area contributed by atoms with Crippen LogP contribution in [0, 0.1) is 12.8 Å². The fourth-order valence-electron chi connectivity index (χ4n) is 2.95. The highest BCUT2D eigenvalue weighted by molar-refractivity contribution is 5.78. The molecule has 20 heavy (non-hydrogen) atoms. The van der Waals surface area contributed by atoms with Crippen LogP contribution in [0.1, 0.15) is 44.1 Å². The number of hydrogen-bond acceptors (Lipinski definition) is 2. The zero-order valence-corrected chi connectivity index (χ0v) is 12.3. The summed E-state index contributed by atoms with van der Waals surface area (Å²) in [7, 11) is 0. The number of aryl methyl sites for hydroxylation is 1. The molecule has 0 bridgehead atoms. The van der Waals surface area contributed by atoms with Gasteiger partial charge in [-0.05, 0) is 31.9 Å². The first-order valence-electron chi connectivity index (χ1n) is 7.07. The number of rotatable bonds is 4. The van der Waals surface area contributed by atoms with Crippen LogP contribution < -0.4 is 0 Å². The molecule has 0 spiro atoms.